The van der Waals surface area contributed by atoms with Gasteiger partial charge >= 0.3 is 19.2 Å². The van der Waals surface area contributed by atoms with Gasteiger partial charge in [0.25, 0.3) is 0 Å². The summed E-state index contributed by atoms with van der Waals surface area (Å²) in [5.41, 5.74) is -1.21. The summed E-state index contributed by atoms with van der Waals surface area (Å²) in [5.74, 6) is -0.454. The van der Waals surface area contributed by atoms with E-state index in [-0.39, 0.29) is 13.5 Å². The molecule has 2 aliphatic heterocycles. The van der Waals surface area contributed by atoms with Crippen LogP contribution in [0.5, 0.6) is 0 Å². The monoisotopic (exact) mass is 575 g/mol. The summed E-state index contributed by atoms with van der Waals surface area (Å²) >= 11 is 0. The minimum absolute atomic E-state index is 0.229. The Balaban J connectivity index is 1.71. The average Bonchev–Trinajstić information content (AvgIpc) is 3.13. The third-order valence-electron chi connectivity index (χ3n) is 8.56. The Hall–Kier alpha value is -3.10. The van der Waals surface area contributed by atoms with Crippen molar-refractivity contribution >= 4 is 19.2 Å². The van der Waals surface area contributed by atoms with Crippen molar-refractivity contribution in [3.8, 4) is 0 Å². The molecule has 0 aromatic heterocycles. The zero-order chi connectivity index (χ0) is 30.8. The number of nitrogens with zero attached hydrogens (tertiary/aromatic N) is 1. The first kappa shape index (κ1) is 31.8. The van der Waals surface area contributed by atoms with Crippen molar-refractivity contribution in [2.75, 3.05) is 0 Å². The molecule has 226 valence electrons. The van der Waals surface area contributed by atoms with Gasteiger partial charge in [-0.15, -0.1) is 6.58 Å². The second-order valence-corrected chi connectivity index (χ2v) is 13.4. The number of carbonyl (C=O) groups excluding carboxylic acids is 2. The number of hydrogen-bond donors (Lipinski definition) is 0. The molecule has 2 fully saturated rings. The Labute approximate surface area is 251 Å². The molecule has 2 heterocycles. The lowest BCUT2D eigenvalue weighted by Gasteiger charge is -2.52. The number of morpholine rings is 1. The molecule has 3 atom stereocenters. The van der Waals surface area contributed by atoms with Crippen molar-refractivity contribution < 1.29 is 28.4 Å². The van der Waals surface area contributed by atoms with Gasteiger partial charge in [-0.3, -0.25) is 4.90 Å². The molecule has 42 heavy (non-hydrogen) atoms. The number of esters is 1. The quantitative estimate of drug-likeness (QED) is 0.131. The van der Waals surface area contributed by atoms with Crippen molar-refractivity contribution in [3.05, 3.63) is 84.4 Å². The summed E-state index contributed by atoms with van der Waals surface area (Å²) in [6, 6.07) is 18.7. The average molecular weight is 576 g/mol. The first-order chi connectivity index (χ1) is 19.7. The van der Waals surface area contributed by atoms with Crippen molar-refractivity contribution in [2.45, 2.75) is 115 Å². The fourth-order valence-corrected chi connectivity index (χ4v) is 5.81. The molecular weight excluding hydrogens is 529 g/mol. The standard InChI is InChI=1S/C34H46BNO6/c1-9-22-34(23-16-17-24-35-41-32(5,6)33(7,8)42-35)29(37)39-28(26-20-14-11-15-21-26)27(25-18-12-10-13-19-25)36(34)30(38)40-31(2,3)4/h9-15,18-21,27-28H,1,16-17,22-24H2,2-8H3/t27-,28-,34+/m0/s1. The van der Waals surface area contributed by atoms with Crippen molar-refractivity contribution in [1.29, 1.82) is 0 Å². The van der Waals surface area contributed by atoms with E-state index in [0.717, 1.165) is 17.5 Å². The van der Waals surface area contributed by atoms with Crippen molar-refractivity contribution in [1.82, 2.24) is 4.90 Å². The van der Waals surface area contributed by atoms with Crippen molar-refractivity contribution in [2.24, 2.45) is 0 Å². The van der Waals surface area contributed by atoms with Gasteiger partial charge in [-0.2, -0.15) is 0 Å². The number of benzene rings is 2. The minimum Gasteiger partial charge on any atom is -0.453 e. The minimum atomic E-state index is -1.30. The van der Waals surface area contributed by atoms with Gasteiger partial charge in [0.05, 0.1) is 11.2 Å². The molecule has 8 heteroatoms. The Bertz CT molecular complexity index is 1230. The van der Waals surface area contributed by atoms with Crippen molar-refractivity contribution in [3.63, 3.8) is 0 Å². The van der Waals surface area contributed by atoms with E-state index in [2.05, 4.69) is 6.58 Å². The number of rotatable bonds is 9. The number of unbranched alkanes of at least 4 members (excludes halogenated alkanes) is 1. The summed E-state index contributed by atoms with van der Waals surface area (Å²) in [6.45, 7) is 17.6. The van der Waals surface area contributed by atoms with Gasteiger partial charge in [-0.25, -0.2) is 9.59 Å². The third-order valence-corrected chi connectivity index (χ3v) is 8.56. The zero-order valence-electron chi connectivity index (χ0n) is 26.2. The van der Waals surface area contributed by atoms with Crippen LogP contribution in [-0.4, -0.2) is 46.4 Å². The zero-order valence-corrected chi connectivity index (χ0v) is 26.2. The summed E-state index contributed by atoms with van der Waals surface area (Å²) in [7, 11) is -0.329. The smallest absolute Gasteiger partial charge is 0.453 e. The van der Waals surface area contributed by atoms with E-state index in [9.17, 15) is 9.59 Å². The number of carbonyl (C=O) groups is 2. The topological polar surface area (TPSA) is 74.3 Å². The molecule has 1 amide bonds. The molecule has 0 bridgehead atoms. The molecule has 0 saturated carbocycles. The van der Waals surface area contributed by atoms with Crippen LogP contribution in [0.3, 0.4) is 0 Å². The largest absolute Gasteiger partial charge is 0.457 e. The Morgan fingerprint density at radius 2 is 1.50 bits per heavy atom. The summed E-state index contributed by atoms with van der Waals surface area (Å²) in [4.78, 5) is 30.1. The van der Waals surface area contributed by atoms with Gasteiger partial charge in [0.1, 0.15) is 17.2 Å². The molecule has 4 rings (SSSR count). The van der Waals surface area contributed by atoms with Gasteiger partial charge in [-0.05, 0) is 78.8 Å². The maximum atomic E-state index is 14.2. The molecule has 0 N–H and O–H groups in total. The number of cyclic esters (lactones) is 1. The van der Waals surface area contributed by atoms with Gasteiger partial charge < -0.3 is 18.8 Å². The molecule has 2 aliphatic rings. The molecule has 2 saturated heterocycles. The molecule has 2 aromatic rings. The van der Waals surface area contributed by atoms with Gasteiger partial charge in [-0.1, -0.05) is 79.6 Å². The van der Waals surface area contributed by atoms with E-state index in [0.29, 0.717) is 19.2 Å². The predicted octanol–water partition coefficient (Wildman–Crippen LogP) is 7.84. The first-order valence-corrected chi connectivity index (χ1v) is 15.0. The van der Waals surface area contributed by atoms with Crippen LogP contribution >= 0.6 is 0 Å². The predicted molar refractivity (Wildman–Crippen MR) is 165 cm³/mol. The summed E-state index contributed by atoms with van der Waals surface area (Å²) < 4.78 is 24.7. The SMILES string of the molecule is C=CC[C@@]1(CCCCB2OC(C)(C)C(C)(C)O2)C(=O)O[C@@H](c2ccccc2)[C@H](c2ccccc2)N1C(=O)OC(C)(C)C. The van der Waals surface area contributed by atoms with Crippen LogP contribution in [0, 0.1) is 0 Å². The Morgan fingerprint density at radius 1 is 0.952 bits per heavy atom. The Kier molecular flexibility index (Phi) is 9.29. The number of hydrogen-bond acceptors (Lipinski definition) is 6. The maximum absolute atomic E-state index is 14.2. The fraction of sp³-hybridized carbons (Fsp3) is 0.529. The van der Waals surface area contributed by atoms with E-state index < -0.39 is 46.6 Å². The van der Waals surface area contributed by atoms with Crippen LogP contribution in [-0.2, 0) is 23.6 Å². The van der Waals surface area contributed by atoms with E-state index in [4.69, 9.17) is 18.8 Å². The molecular formula is C34H46BNO6. The lowest BCUT2D eigenvalue weighted by atomic mass is 9.78. The van der Waals surface area contributed by atoms with E-state index in [1.807, 2.05) is 109 Å². The van der Waals surface area contributed by atoms with E-state index >= 15 is 0 Å². The van der Waals surface area contributed by atoms with Gasteiger partial charge in [0, 0.05) is 0 Å². The summed E-state index contributed by atoms with van der Waals surface area (Å²) in [5, 5.41) is 0. The highest BCUT2D eigenvalue weighted by atomic mass is 16.7. The second kappa shape index (κ2) is 12.3. The lowest BCUT2D eigenvalue weighted by molar-refractivity contribution is -0.189. The normalized spacial score (nSPS) is 25.2. The van der Waals surface area contributed by atoms with Crippen LogP contribution in [0.25, 0.3) is 0 Å². The third kappa shape index (κ3) is 6.60. The van der Waals surface area contributed by atoms with E-state index in [1.165, 1.54) is 0 Å². The lowest BCUT2D eigenvalue weighted by Crippen LogP contribution is -2.64. The van der Waals surface area contributed by atoms with Crippen LogP contribution in [0.15, 0.2) is 73.3 Å². The maximum Gasteiger partial charge on any atom is 0.457 e. The molecule has 0 unspecified atom stereocenters. The van der Waals surface area contributed by atoms with Crippen LogP contribution in [0.2, 0.25) is 6.32 Å². The van der Waals surface area contributed by atoms with Crippen LogP contribution in [0.1, 0.15) is 97.4 Å². The molecule has 0 spiro atoms. The molecule has 2 aromatic carbocycles. The van der Waals surface area contributed by atoms with Gasteiger partial charge in [0.2, 0.25) is 0 Å². The number of amides is 1. The van der Waals surface area contributed by atoms with Crippen LogP contribution < -0.4 is 0 Å². The van der Waals surface area contributed by atoms with Crippen LogP contribution in [0.4, 0.5) is 4.79 Å². The fourth-order valence-electron chi connectivity index (χ4n) is 5.81. The molecule has 7 nitrogen and oxygen atoms in total. The van der Waals surface area contributed by atoms with Gasteiger partial charge in [0.15, 0.2) is 6.10 Å². The summed E-state index contributed by atoms with van der Waals surface area (Å²) in [6.07, 6.45) is 3.09. The van der Waals surface area contributed by atoms with E-state index in [1.54, 1.807) is 11.0 Å². The number of ether oxygens (including phenoxy) is 2. The molecule has 0 radical (unpaired) electrons. The second-order valence-electron chi connectivity index (χ2n) is 13.4. The highest BCUT2D eigenvalue weighted by Crippen LogP contribution is 2.49. The molecule has 0 aliphatic carbocycles. The first-order valence-electron chi connectivity index (χ1n) is 15.0. The highest BCUT2D eigenvalue weighted by Gasteiger charge is 2.58. The highest BCUT2D eigenvalue weighted by molar-refractivity contribution is 6.45. The Morgan fingerprint density at radius 3 is 2.02 bits per heavy atom.